The van der Waals surface area contributed by atoms with Crippen molar-refractivity contribution in [2.45, 2.75) is 40.2 Å². The number of halogens is 1. The van der Waals surface area contributed by atoms with E-state index >= 15 is 0 Å². The lowest BCUT2D eigenvalue weighted by Gasteiger charge is -2.12. The van der Waals surface area contributed by atoms with Crippen molar-refractivity contribution in [1.82, 2.24) is 4.57 Å². The highest BCUT2D eigenvalue weighted by molar-refractivity contribution is 6.31. The van der Waals surface area contributed by atoms with E-state index in [0.717, 1.165) is 46.8 Å². The SMILES string of the molecule is CCCCn1c(C)c(C(=O)OCC)c2cc(OC(=O)c3cccc(Cl)c3)c3ccccc3c21. The molecule has 5 nitrogen and oxygen atoms in total. The third-order valence-electron chi connectivity index (χ3n) is 5.76. The number of unbranched alkanes of at least 4 members (excludes halogenated alkanes) is 1. The Bertz CT molecular complexity index is 1360. The third-order valence-corrected chi connectivity index (χ3v) is 6.00. The van der Waals surface area contributed by atoms with Gasteiger partial charge in [0.25, 0.3) is 0 Å². The van der Waals surface area contributed by atoms with Crippen molar-refractivity contribution < 1.29 is 19.1 Å². The Morgan fingerprint density at radius 1 is 0.939 bits per heavy atom. The van der Waals surface area contributed by atoms with Crippen LogP contribution in [0.3, 0.4) is 0 Å². The van der Waals surface area contributed by atoms with Crippen LogP contribution in [-0.2, 0) is 11.3 Å². The first kappa shape index (κ1) is 22.9. The molecule has 0 spiro atoms. The van der Waals surface area contributed by atoms with E-state index in [0.29, 0.717) is 21.9 Å². The molecule has 0 aliphatic heterocycles. The van der Waals surface area contributed by atoms with Crippen molar-refractivity contribution in [3.8, 4) is 5.75 Å². The van der Waals surface area contributed by atoms with E-state index in [1.165, 1.54) is 0 Å². The average molecular weight is 464 g/mol. The molecule has 0 atom stereocenters. The van der Waals surface area contributed by atoms with Crippen molar-refractivity contribution in [3.05, 3.63) is 76.4 Å². The molecule has 4 rings (SSSR count). The molecule has 0 fully saturated rings. The van der Waals surface area contributed by atoms with Crippen LogP contribution in [0.4, 0.5) is 0 Å². The highest BCUT2D eigenvalue weighted by atomic mass is 35.5. The minimum Gasteiger partial charge on any atom is -0.462 e. The van der Waals surface area contributed by atoms with Gasteiger partial charge in [0.15, 0.2) is 0 Å². The number of fused-ring (bicyclic) bond motifs is 3. The van der Waals surface area contributed by atoms with Crippen LogP contribution in [0.5, 0.6) is 5.75 Å². The molecule has 0 bridgehead atoms. The highest BCUT2D eigenvalue weighted by Crippen LogP contribution is 2.38. The van der Waals surface area contributed by atoms with Gasteiger partial charge in [-0.1, -0.05) is 55.3 Å². The van der Waals surface area contributed by atoms with Crippen LogP contribution in [0, 0.1) is 6.92 Å². The first-order valence-corrected chi connectivity index (χ1v) is 11.5. The second-order valence-electron chi connectivity index (χ2n) is 7.90. The van der Waals surface area contributed by atoms with Gasteiger partial charge >= 0.3 is 11.9 Å². The van der Waals surface area contributed by atoms with Gasteiger partial charge in [-0.15, -0.1) is 0 Å². The number of hydrogen-bond acceptors (Lipinski definition) is 4. The predicted octanol–water partition coefficient (Wildman–Crippen LogP) is 6.95. The molecule has 0 N–H and O–H groups in total. The first-order chi connectivity index (χ1) is 16.0. The summed E-state index contributed by atoms with van der Waals surface area (Å²) in [6, 6.07) is 16.2. The predicted molar refractivity (Wildman–Crippen MR) is 131 cm³/mol. The largest absolute Gasteiger partial charge is 0.462 e. The topological polar surface area (TPSA) is 57.5 Å². The molecule has 0 aliphatic carbocycles. The third kappa shape index (κ3) is 4.33. The number of hydrogen-bond donors (Lipinski definition) is 0. The Morgan fingerprint density at radius 2 is 1.70 bits per heavy atom. The molecule has 0 radical (unpaired) electrons. The monoisotopic (exact) mass is 463 g/mol. The summed E-state index contributed by atoms with van der Waals surface area (Å²) in [6.45, 7) is 6.93. The molecule has 3 aromatic carbocycles. The van der Waals surface area contributed by atoms with E-state index in [2.05, 4.69) is 11.5 Å². The zero-order chi connectivity index (χ0) is 23.5. The maximum absolute atomic E-state index is 12.9. The molecule has 0 aliphatic rings. The molecule has 0 saturated heterocycles. The van der Waals surface area contributed by atoms with Gasteiger partial charge in [-0.05, 0) is 44.5 Å². The maximum Gasteiger partial charge on any atom is 0.343 e. The van der Waals surface area contributed by atoms with E-state index in [9.17, 15) is 9.59 Å². The zero-order valence-corrected chi connectivity index (χ0v) is 19.7. The fraction of sp³-hybridized carbons (Fsp3) is 0.259. The van der Waals surface area contributed by atoms with E-state index < -0.39 is 5.97 Å². The Kier molecular flexibility index (Phi) is 6.70. The molecule has 33 heavy (non-hydrogen) atoms. The number of aryl methyl sites for hydroxylation is 1. The van der Waals surface area contributed by atoms with Crippen molar-refractivity contribution in [2.24, 2.45) is 0 Å². The summed E-state index contributed by atoms with van der Waals surface area (Å²) in [5, 5.41) is 2.89. The van der Waals surface area contributed by atoms with Crippen molar-refractivity contribution in [1.29, 1.82) is 0 Å². The van der Waals surface area contributed by atoms with Gasteiger partial charge in [-0.3, -0.25) is 0 Å². The van der Waals surface area contributed by atoms with Crippen molar-refractivity contribution in [2.75, 3.05) is 6.61 Å². The van der Waals surface area contributed by atoms with Gasteiger partial charge in [0.1, 0.15) is 5.75 Å². The standard InChI is InChI=1S/C27H26ClNO4/c1-4-6-14-29-17(3)24(27(31)32-5-2)22-16-23(20-12-7-8-13-21(20)25(22)29)33-26(30)18-10-9-11-19(28)15-18/h7-13,15-16H,4-6,14H2,1-3H3. The minimum atomic E-state index is -0.512. The maximum atomic E-state index is 12.9. The number of nitrogens with zero attached hydrogens (tertiary/aromatic N) is 1. The van der Waals surface area contributed by atoms with Gasteiger partial charge in [-0.2, -0.15) is 0 Å². The summed E-state index contributed by atoms with van der Waals surface area (Å²) in [4.78, 5) is 25.8. The molecule has 1 aromatic heterocycles. The van der Waals surface area contributed by atoms with Crippen molar-refractivity contribution in [3.63, 3.8) is 0 Å². The minimum absolute atomic E-state index is 0.282. The molecule has 1 heterocycles. The van der Waals surface area contributed by atoms with Crippen LogP contribution < -0.4 is 4.74 Å². The van der Waals surface area contributed by atoms with Crippen LogP contribution >= 0.6 is 11.6 Å². The number of rotatable bonds is 7. The number of esters is 2. The van der Waals surface area contributed by atoms with Gasteiger partial charge in [0.2, 0.25) is 0 Å². The lowest BCUT2D eigenvalue weighted by atomic mass is 10.0. The van der Waals surface area contributed by atoms with Crippen LogP contribution in [0.25, 0.3) is 21.7 Å². The number of carbonyl (C=O) groups excluding carboxylic acids is 2. The van der Waals surface area contributed by atoms with Crippen LogP contribution in [-0.4, -0.2) is 23.1 Å². The van der Waals surface area contributed by atoms with E-state index in [-0.39, 0.29) is 12.6 Å². The fourth-order valence-corrected chi connectivity index (χ4v) is 4.41. The Balaban J connectivity index is 1.95. The van der Waals surface area contributed by atoms with Gasteiger partial charge in [-0.25, -0.2) is 9.59 Å². The highest BCUT2D eigenvalue weighted by Gasteiger charge is 2.24. The van der Waals surface area contributed by atoms with Crippen molar-refractivity contribution >= 4 is 45.2 Å². The lowest BCUT2D eigenvalue weighted by Crippen LogP contribution is -2.09. The Hall–Kier alpha value is -3.31. The Morgan fingerprint density at radius 3 is 2.39 bits per heavy atom. The van der Waals surface area contributed by atoms with Gasteiger partial charge < -0.3 is 14.0 Å². The quantitative estimate of drug-likeness (QED) is 0.220. The summed E-state index contributed by atoms with van der Waals surface area (Å²) in [5.41, 5.74) is 2.66. The van der Waals surface area contributed by atoms with E-state index in [1.54, 1.807) is 37.3 Å². The fourth-order valence-electron chi connectivity index (χ4n) is 4.22. The smallest absolute Gasteiger partial charge is 0.343 e. The number of carbonyl (C=O) groups is 2. The van der Waals surface area contributed by atoms with Crippen LogP contribution in [0.2, 0.25) is 5.02 Å². The molecule has 0 unspecified atom stereocenters. The number of aromatic nitrogens is 1. The average Bonchev–Trinajstić information content (AvgIpc) is 3.09. The van der Waals surface area contributed by atoms with E-state index in [4.69, 9.17) is 21.1 Å². The van der Waals surface area contributed by atoms with Gasteiger partial charge in [0.05, 0.1) is 23.3 Å². The Labute approximate surface area is 197 Å². The summed E-state index contributed by atoms with van der Waals surface area (Å²) in [7, 11) is 0. The summed E-state index contributed by atoms with van der Waals surface area (Å²) < 4.78 is 13.4. The number of ether oxygens (including phenoxy) is 2. The summed E-state index contributed by atoms with van der Waals surface area (Å²) in [5.74, 6) is -0.499. The second kappa shape index (κ2) is 9.67. The molecule has 0 saturated carbocycles. The second-order valence-corrected chi connectivity index (χ2v) is 8.34. The number of benzene rings is 3. The lowest BCUT2D eigenvalue weighted by molar-refractivity contribution is 0.0527. The summed E-state index contributed by atoms with van der Waals surface area (Å²) >= 11 is 6.05. The summed E-state index contributed by atoms with van der Waals surface area (Å²) in [6.07, 6.45) is 2.01. The molecular weight excluding hydrogens is 438 g/mol. The normalized spacial score (nSPS) is 11.2. The molecule has 170 valence electrons. The molecular formula is C27H26ClNO4. The van der Waals surface area contributed by atoms with Crippen LogP contribution in [0.1, 0.15) is 53.1 Å². The van der Waals surface area contributed by atoms with E-state index in [1.807, 2.05) is 31.2 Å². The van der Waals surface area contributed by atoms with Crippen LogP contribution in [0.15, 0.2) is 54.6 Å². The molecule has 0 amide bonds. The zero-order valence-electron chi connectivity index (χ0n) is 19.0. The molecule has 6 heteroatoms. The first-order valence-electron chi connectivity index (χ1n) is 11.2. The molecule has 4 aromatic rings. The van der Waals surface area contributed by atoms with Gasteiger partial charge in [0, 0.05) is 33.4 Å².